The fraction of sp³-hybridized carbons (Fsp3) is 0.412. The van der Waals surface area contributed by atoms with E-state index in [9.17, 15) is 9.59 Å². The van der Waals surface area contributed by atoms with Gasteiger partial charge >= 0.3 is 0 Å². The van der Waals surface area contributed by atoms with Crippen LogP contribution in [0.3, 0.4) is 0 Å². The highest BCUT2D eigenvalue weighted by molar-refractivity contribution is 6.21. The van der Waals surface area contributed by atoms with Crippen LogP contribution in [0.5, 0.6) is 0 Å². The number of nitrogens with zero attached hydrogens (tertiary/aromatic N) is 3. The van der Waals surface area contributed by atoms with E-state index in [0.29, 0.717) is 35.3 Å². The van der Waals surface area contributed by atoms with Gasteiger partial charge in [-0.3, -0.25) is 14.5 Å². The Labute approximate surface area is 139 Å². The molecule has 7 nitrogen and oxygen atoms in total. The van der Waals surface area contributed by atoms with E-state index in [4.69, 9.17) is 4.52 Å². The molecule has 0 aliphatic carbocycles. The fourth-order valence-corrected chi connectivity index (χ4v) is 3.27. The molecule has 7 heteroatoms. The van der Waals surface area contributed by atoms with Crippen molar-refractivity contribution in [1.29, 1.82) is 0 Å². The molecule has 0 bridgehead atoms. The Hall–Kier alpha value is -2.54. The van der Waals surface area contributed by atoms with Crippen LogP contribution in [0.2, 0.25) is 0 Å². The zero-order chi connectivity index (χ0) is 16.5. The highest BCUT2D eigenvalue weighted by atomic mass is 16.5. The topological polar surface area (TPSA) is 88.3 Å². The van der Waals surface area contributed by atoms with Crippen molar-refractivity contribution in [3.05, 3.63) is 47.1 Å². The van der Waals surface area contributed by atoms with Crippen molar-refractivity contribution < 1.29 is 14.1 Å². The first-order valence-corrected chi connectivity index (χ1v) is 8.22. The third-order valence-electron chi connectivity index (χ3n) is 4.53. The number of carbonyl (C=O) groups excluding carboxylic acids is 2. The molecule has 0 saturated carbocycles. The standard InChI is InChI=1S/C17H18N4O3/c22-16-12-5-1-2-6-13(12)17(23)21(16)9-7-14-19-15(24-20-14)10-11-4-3-8-18-11/h1-2,5-6,11,18H,3-4,7-10H2/t11-/m1/s1. The largest absolute Gasteiger partial charge is 0.339 e. The molecule has 2 amide bonds. The number of fused-ring (bicyclic) bond motifs is 1. The SMILES string of the molecule is O=C1c2ccccc2C(=O)N1CCc1noc(C[C@H]2CCCN2)n1. The molecule has 1 saturated heterocycles. The molecule has 2 aliphatic rings. The summed E-state index contributed by atoms with van der Waals surface area (Å²) in [6.45, 7) is 1.29. The van der Waals surface area contributed by atoms with Gasteiger partial charge in [-0.2, -0.15) is 4.98 Å². The highest BCUT2D eigenvalue weighted by Crippen LogP contribution is 2.22. The second-order valence-corrected chi connectivity index (χ2v) is 6.16. The summed E-state index contributed by atoms with van der Waals surface area (Å²) in [7, 11) is 0. The quantitative estimate of drug-likeness (QED) is 0.831. The van der Waals surface area contributed by atoms with Crippen molar-refractivity contribution in [3.63, 3.8) is 0 Å². The van der Waals surface area contributed by atoms with E-state index in [-0.39, 0.29) is 18.4 Å². The van der Waals surface area contributed by atoms with Gasteiger partial charge < -0.3 is 9.84 Å². The van der Waals surface area contributed by atoms with Gasteiger partial charge in [0.1, 0.15) is 0 Å². The molecule has 0 spiro atoms. The number of nitrogens with one attached hydrogen (secondary N) is 1. The predicted octanol–water partition coefficient (Wildman–Crippen LogP) is 1.20. The number of aromatic nitrogens is 2. The Kier molecular flexibility index (Phi) is 3.86. The summed E-state index contributed by atoms with van der Waals surface area (Å²) in [5, 5.41) is 7.34. The molecule has 0 radical (unpaired) electrons. The summed E-state index contributed by atoms with van der Waals surface area (Å²) in [5.74, 6) is 0.621. The number of rotatable bonds is 5. The lowest BCUT2D eigenvalue weighted by atomic mass is 10.1. The minimum absolute atomic E-state index is 0.255. The predicted molar refractivity (Wildman–Crippen MR) is 84.5 cm³/mol. The van der Waals surface area contributed by atoms with Crippen LogP contribution in [0.15, 0.2) is 28.8 Å². The molecule has 1 N–H and O–H groups in total. The van der Waals surface area contributed by atoms with Crippen LogP contribution in [0.1, 0.15) is 45.3 Å². The molecular formula is C17H18N4O3. The number of amides is 2. The van der Waals surface area contributed by atoms with Crippen LogP contribution in [-0.2, 0) is 12.8 Å². The molecule has 1 fully saturated rings. The molecule has 0 unspecified atom stereocenters. The minimum Gasteiger partial charge on any atom is -0.339 e. The molecule has 2 aliphatic heterocycles. The number of imide groups is 1. The van der Waals surface area contributed by atoms with E-state index in [2.05, 4.69) is 15.5 Å². The van der Waals surface area contributed by atoms with E-state index < -0.39 is 0 Å². The van der Waals surface area contributed by atoms with Gasteiger partial charge in [0, 0.05) is 25.4 Å². The number of hydrogen-bond donors (Lipinski definition) is 1. The van der Waals surface area contributed by atoms with Crippen molar-refractivity contribution in [2.24, 2.45) is 0 Å². The summed E-state index contributed by atoms with van der Waals surface area (Å²) in [6.07, 6.45) is 3.41. The lowest BCUT2D eigenvalue weighted by Crippen LogP contribution is -2.32. The van der Waals surface area contributed by atoms with Crippen molar-refractivity contribution in [1.82, 2.24) is 20.4 Å². The minimum atomic E-state index is -0.255. The maximum atomic E-state index is 12.3. The zero-order valence-electron chi connectivity index (χ0n) is 13.2. The van der Waals surface area contributed by atoms with Gasteiger partial charge in [0.25, 0.3) is 11.8 Å². The van der Waals surface area contributed by atoms with Crippen LogP contribution in [0, 0.1) is 0 Å². The molecule has 24 heavy (non-hydrogen) atoms. The fourth-order valence-electron chi connectivity index (χ4n) is 3.27. The first-order valence-electron chi connectivity index (χ1n) is 8.22. The molecular weight excluding hydrogens is 308 g/mol. The monoisotopic (exact) mass is 326 g/mol. The molecule has 2 aromatic rings. The van der Waals surface area contributed by atoms with Crippen LogP contribution in [0.4, 0.5) is 0 Å². The third-order valence-corrected chi connectivity index (χ3v) is 4.53. The molecule has 1 atom stereocenters. The van der Waals surface area contributed by atoms with Crippen molar-refractivity contribution in [2.75, 3.05) is 13.1 Å². The summed E-state index contributed by atoms with van der Waals surface area (Å²) < 4.78 is 5.27. The van der Waals surface area contributed by atoms with Gasteiger partial charge in [-0.15, -0.1) is 0 Å². The lowest BCUT2D eigenvalue weighted by Gasteiger charge is -2.11. The second kappa shape index (κ2) is 6.16. The normalized spacial score (nSPS) is 20.0. The van der Waals surface area contributed by atoms with Crippen LogP contribution in [-0.4, -0.2) is 46.0 Å². The van der Waals surface area contributed by atoms with Crippen LogP contribution in [0.25, 0.3) is 0 Å². The Morgan fingerprint density at radius 3 is 2.62 bits per heavy atom. The molecule has 3 heterocycles. The third kappa shape index (κ3) is 2.71. The number of carbonyl (C=O) groups is 2. The highest BCUT2D eigenvalue weighted by Gasteiger charge is 2.34. The van der Waals surface area contributed by atoms with E-state index in [0.717, 1.165) is 19.4 Å². The zero-order valence-corrected chi connectivity index (χ0v) is 13.2. The van der Waals surface area contributed by atoms with Crippen molar-refractivity contribution in [2.45, 2.75) is 31.7 Å². The first kappa shape index (κ1) is 15.0. The average molecular weight is 326 g/mol. The van der Waals surface area contributed by atoms with E-state index in [1.165, 1.54) is 11.3 Å². The Bertz CT molecular complexity index is 745. The first-order chi connectivity index (χ1) is 11.7. The second-order valence-electron chi connectivity index (χ2n) is 6.16. The summed E-state index contributed by atoms with van der Waals surface area (Å²) in [5.41, 5.74) is 0.923. The lowest BCUT2D eigenvalue weighted by molar-refractivity contribution is 0.0655. The van der Waals surface area contributed by atoms with Gasteiger partial charge in [0.2, 0.25) is 5.89 Å². The van der Waals surface area contributed by atoms with Gasteiger partial charge in [-0.25, -0.2) is 0 Å². The summed E-state index contributed by atoms with van der Waals surface area (Å²) >= 11 is 0. The Balaban J connectivity index is 1.38. The Morgan fingerprint density at radius 1 is 1.21 bits per heavy atom. The summed E-state index contributed by atoms with van der Waals surface area (Å²) in [4.78, 5) is 30.2. The van der Waals surface area contributed by atoms with Gasteiger partial charge in [0.15, 0.2) is 5.82 Å². The van der Waals surface area contributed by atoms with Crippen molar-refractivity contribution in [3.8, 4) is 0 Å². The maximum Gasteiger partial charge on any atom is 0.261 e. The summed E-state index contributed by atoms with van der Waals surface area (Å²) in [6, 6.07) is 7.27. The van der Waals surface area contributed by atoms with E-state index in [1.807, 2.05) is 0 Å². The van der Waals surface area contributed by atoms with E-state index >= 15 is 0 Å². The van der Waals surface area contributed by atoms with Gasteiger partial charge in [0.05, 0.1) is 11.1 Å². The van der Waals surface area contributed by atoms with E-state index in [1.54, 1.807) is 24.3 Å². The maximum absolute atomic E-state index is 12.3. The van der Waals surface area contributed by atoms with Gasteiger partial charge in [-0.1, -0.05) is 17.3 Å². The van der Waals surface area contributed by atoms with Crippen LogP contribution >= 0.6 is 0 Å². The number of benzene rings is 1. The smallest absolute Gasteiger partial charge is 0.261 e. The number of hydrogen-bond acceptors (Lipinski definition) is 6. The van der Waals surface area contributed by atoms with Crippen LogP contribution < -0.4 is 5.32 Å². The van der Waals surface area contributed by atoms with Gasteiger partial charge in [-0.05, 0) is 31.5 Å². The Morgan fingerprint density at radius 2 is 1.96 bits per heavy atom. The molecule has 1 aromatic heterocycles. The van der Waals surface area contributed by atoms with Crippen molar-refractivity contribution >= 4 is 11.8 Å². The molecule has 1 aromatic carbocycles. The molecule has 4 rings (SSSR count). The molecule has 124 valence electrons. The average Bonchev–Trinajstić information content (AvgIpc) is 3.31.